The third-order valence-corrected chi connectivity index (χ3v) is 7.40. The van der Waals surface area contributed by atoms with Gasteiger partial charge in [0.2, 0.25) is 0 Å². The zero-order valence-corrected chi connectivity index (χ0v) is 20.0. The molecule has 34 heavy (non-hydrogen) atoms. The lowest BCUT2D eigenvalue weighted by Crippen LogP contribution is -2.11. The first-order valence-electron chi connectivity index (χ1n) is 11.3. The second-order valence-electron chi connectivity index (χ2n) is 8.64. The van der Waals surface area contributed by atoms with Crippen molar-refractivity contribution in [2.75, 3.05) is 5.32 Å². The number of nitrogens with one attached hydrogen (secondary N) is 1. The van der Waals surface area contributed by atoms with Gasteiger partial charge in [0.05, 0.1) is 16.6 Å². The number of hydrogen-bond donors (Lipinski definition) is 1. The Kier molecular flexibility index (Phi) is 4.74. The predicted molar refractivity (Wildman–Crippen MR) is 143 cm³/mol. The number of aryl methyl sites for hydroxylation is 3. The molecule has 0 aliphatic heterocycles. The molecular formula is C29H23N3OS. The molecule has 1 amide bonds. The smallest absolute Gasteiger partial charge is 0.256 e. The van der Waals surface area contributed by atoms with Crippen LogP contribution >= 0.6 is 11.3 Å². The fourth-order valence-corrected chi connectivity index (χ4v) is 5.78. The molecular weight excluding hydrogens is 438 g/mol. The fourth-order valence-electron chi connectivity index (χ4n) is 4.86. The molecule has 0 saturated carbocycles. The van der Waals surface area contributed by atoms with E-state index < -0.39 is 0 Å². The Hall–Kier alpha value is -3.96. The minimum absolute atomic E-state index is 0.0738. The van der Waals surface area contributed by atoms with E-state index >= 15 is 0 Å². The number of benzene rings is 4. The highest BCUT2D eigenvalue weighted by Gasteiger charge is 2.17. The van der Waals surface area contributed by atoms with Crippen LogP contribution in [0.1, 0.15) is 20.1 Å². The molecule has 0 bridgehead atoms. The number of nitrogens with zero attached hydrogens (tertiary/aromatic N) is 2. The molecule has 0 aliphatic rings. The Morgan fingerprint density at radius 1 is 0.853 bits per heavy atom. The Bertz CT molecular complexity index is 1720. The minimum atomic E-state index is -0.0738. The molecule has 1 N–H and O–H groups in total. The summed E-state index contributed by atoms with van der Waals surface area (Å²) in [5.74, 6) is 0.828. The van der Waals surface area contributed by atoms with Crippen LogP contribution in [0.2, 0.25) is 0 Å². The van der Waals surface area contributed by atoms with Crippen molar-refractivity contribution in [1.29, 1.82) is 0 Å². The van der Waals surface area contributed by atoms with Gasteiger partial charge in [-0.1, -0.05) is 48.5 Å². The lowest BCUT2D eigenvalue weighted by molar-refractivity contribution is 0.102. The Labute approximate surface area is 201 Å². The maximum atomic E-state index is 12.7. The number of hydrogen-bond acceptors (Lipinski definition) is 3. The van der Waals surface area contributed by atoms with E-state index in [1.807, 2.05) is 44.2 Å². The van der Waals surface area contributed by atoms with Crippen molar-refractivity contribution in [3.8, 4) is 11.4 Å². The molecule has 2 aromatic heterocycles. The highest BCUT2D eigenvalue weighted by Crippen LogP contribution is 2.36. The second kappa shape index (κ2) is 7.82. The van der Waals surface area contributed by atoms with Crippen molar-refractivity contribution in [3.63, 3.8) is 0 Å². The first-order chi connectivity index (χ1) is 16.5. The van der Waals surface area contributed by atoms with E-state index in [1.54, 1.807) is 11.3 Å². The molecule has 0 aliphatic carbocycles. The van der Waals surface area contributed by atoms with Gasteiger partial charge < -0.3 is 9.88 Å². The number of aromatic nitrogens is 2. The summed E-state index contributed by atoms with van der Waals surface area (Å²) in [4.78, 5) is 20.0. The third-order valence-electron chi connectivity index (χ3n) is 6.44. The summed E-state index contributed by atoms with van der Waals surface area (Å²) in [7, 11) is 2.07. The molecule has 0 atom stereocenters. The largest absolute Gasteiger partial charge is 0.327 e. The van der Waals surface area contributed by atoms with Crippen molar-refractivity contribution in [1.82, 2.24) is 9.55 Å². The van der Waals surface area contributed by atoms with Crippen LogP contribution in [-0.2, 0) is 7.05 Å². The summed E-state index contributed by atoms with van der Waals surface area (Å²) in [6, 6.07) is 26.8. The van der Waals surface area contributed by atoms with Gasteiger partial charge in [0.1, 0.15) is 5.82 Å². The van der Waals surface area contributed by atoms with Gasteiger partial charge in [0.15, 0.2) is 0 Å². The van der Waals surface area contributed by atoms with E-state index in [1.165, 1.54) is 16.2 Å². The number of imidazole rings is 1. The topological polar surface area (TPSA) is 46.9 Å². The number of carbonyl (C=O) groups excluding carboxylic acids is 1. The van der Waals surface area contributed by atoms with Crippen LogP contribution in [0.3, 0.4) is 0 Å². The number of anilines is 1. The molecule has 6 rings (SSSR count). The van der Waals surface area contributed by atoms with E-state index in [0.29, 0.717) is 0 Å². The van der Waals surface area contributed by atoms with Crippen LogP contribution in [0.4, 0.5) is 5.69 Å². The van der Waals surface area contributed by atoms with E-state index in [0.717, 1.165) is 48.8 Å². The average Bonchev–Trinajstić information content (AvgIpc) is 3.38. The summed E-state index contributed by atoms with van der Waals surface area (Å²) in [6.07, 6.45) is 0. The maximum Gasteiger partial charge on any atom is 0.256 e. The Balaban J connectivity index is 1.43. The highest BCUT2D eigenvalue weighted by atomic mass is 32.1. The fraction of sp³-hybridized carbons (Fsp3) is 0.103. The Morgan fingerprint density at radius 2 is 1.47 bits per heavy atom. The zero-order valence-electron chi connectivity index (χ0n) is 19.2. The number of amides is 1. The number of fused-ring (bicyclic) bond motifs is 6. The van der Waals surface area contributed by atoms with Gasteiger partial charge in [-0.2, -0.15) is 0 Å². The van der Waals surface area contributed by atoms with E-state index in [4.69, 9.17) is 4.98 Å². The van der Waals surface area contributed by atoms with Crippen LogP contribution in [0.15, 0.2) is 78.9 Å². The summed E-state index contributed by atoms with van der Waals surface area (Å²) < 4.78 is 2.18. The molecule has 0 saturated heterocycles. The summed E-state index contributed by atoms with van der Waals surface area (Å²) in [5.41, 5.74) is 4.65. The number of carbonyl (C=O) groups is 1. The third kappa shape index (κ3) is 3.20. The van der Waals surface area contributed by atoms with Gasteiger partial charge >= 0.3 is 0 Å². The van der Waals surface area contributed by atoms with Gasteiger partial charge in [-0.15, -0.1) is 11.3 Å². The standard InChI is InChI=1S/C29H23N3OS/c1-17-16-25(18(2)34-17)29(33)30-20-14-12-19(13-15-20)28-31-26-23-10-6-4-8-21(23)22-9-5-7-11-24(22)27(26)32(28)3/h4-16H,1-3H3,(H,30,33). The molecule has 6 aromatic rings. The quantitative estimate of drug-likeness (QED) is 0.278. The molecule has 0 fully saturated rings. The summed E-state index contributed by atoms with van der Waals surface area (Å²) in [5, 5.41) is 7.82. The van der Waals surface area contributed by atoms with Crippen molar-refractivity contribution in [2.24, 2.45) is 7.05 Å². The van der Waals surface area contributed by atoms with Crippen molar-refractivity contribution >= 4 is 55.5 Å². The molecule has 0 spiro atoms. The van der Waals surface area contributed by atoms with Crippen LogP contribution in [0.25, 0.3) is 44.0 Å². The predicted octanol–water partition coefficient (Wildman–Crippen LogP) is 7.48. The molecule has 4 nitrogen and oxygen atoms in total. The summed E-state index contributed by atoms with van der Waals surface area (Å²) in [6.45, 7) is 4.00. The van der Waals surface area contributed by atoms with Gasteiger partial charge in [0, 0.05) is 38.8 Å². The first-order valence-corrected chi connectivity index (χ1v) is 12.1. The van der Waals surface area contributed by atoms with Gasteiger partial charge in [-0.05, 0) is 55.0 Å². The monoisotopic (exact) mass is 461 g/mol. The first kappa shape index (κ1) is 20.6. The van der Waals surface area contributed by atoms with Crippen LogP contribution in [0.5, 0.6) is 0 Å². The van der Waals surface area contributed by atoms with E-state index in [9.17, 15) is 4.79 Å². The van der Waals surface area contributed by atoms with Gasteiger partial charge in [-0.3, -0.25) is 4.79 Å². The summed E-state index contributed by atoms with van der Waals surface area (Å²) >= 11 is 1.64. The number of rotatable bonds is 3. The zero-order chi connectivity index (χ0) is 23.4. The number of thiophene rings is 1. The van der Waals surface area contributed by atoms with Gasteiger partial charge in [-0.25, -0.2) is 4.98 Å². The maximum absolute atomic E-state index is 12.7. The SMILES string of the molecule is Cc1cc(C(=O)Nc2ccc(-c3nc4c5ccccc5c5ccccc5c4n3C)cc2)c(C)s1. The molecule has 2 heterocycles. The van der Waals surface area contributed by atoms with Gasteiger partial charge in [0.25, 0.3) is 5.91 Å². The van der Waals surface area contributed by atoms with Crippen LogP contribution < -0.4 is 5.32 Å². The van der Waals surface area contributed by atoms with Crippen LogP contribution in [-0.4, -0.2) is 15.5 Å². The van der Waals surface area contributed by atoms with Crippen molar-refractivity contribution < 1.29 is 4.79 Å². The molecule has 0 unspecified atom stereocenters. The van der Waals surface area contributed by atoms with E-state index in [2.05, 4.69) is 65.5 Å². The average molecular weight is 462 g/mol. The van der Waals surface area contributed by atoms with Crippen molar-refractivity contribution in [2.45, 2.75) is 13.8 Å². The molecule has 4 aromatic carbocycles. The molecule has 5 heteroatoms. The molecule has 166 valence electrons. The molecule has 0 radical (unpaired) electrons. The normalized spacial score (nSPS) is 11.5. The minimum Gasteiger partial charge on any atom is -0.327 e. The second-order valence-corrected chi connectivity index (χ2v) is 10.1. The lowest BCUT2D eigenvalue weighted by Gasteiger charge is -2.08. The van der Waals surface area contributed by atoms with E-state index in [-0.39, 0.29) is 5.91 Å². The van der Waals surface area contributed by atoms with Crippen LogP contribution in [0, 0.1) is 13.8 Å². The Morgan fingerprint density at radius 3 is 2.12 bits per heavy atom. The highest BCUT2D eigenvalue weighted by molar-refractivity contribution is 7.12. The van der Waals surface area contributed by atoms with Crippen molar-refractivity contribution in [3.05, 3.63) is 94.2 Å². The lowest BCUT2D eigenvalue weighted by atomic mass is 10.00.